The molecule has 0 spiro atoms. The number of hydrogen-bond acceptors (Lipinski definition) is 4. The number of hydrogen-bond donors (Lipinski definition) is 1. The van der Waals surface area contributed by atoms with Crippen LogP contribution >= 0.6 is 23.2 Å². The maximum atomic E-state index is 12.9. The van der Waals surface area contributed by atoms with Crippen LogP contribution in [0.25, 0.3) is 0 Å². The number of benzene rings is 1. The Kier molecular flexibility index (Phi) is 5.57. The van der Waals surface area contributed by atoms with E-state index >= 15 is 0 Å². The van der Waals surface area contributed by atoms with Crippen molar-refractivity contribution in [3.63, 3.8) is 0 Å². The van der Waals surface area contributed by atoms with Gasteiger partial charge in [0.25, 0.3) is 5.91 Å². The van der Waals surface area contributed by atoms with Gasteiger partial charge in [0.05, 0.1) is 15.6 Å². The Morgan fingerprint density at radius 1 is 1.15 bits per heavy atom. The lowest BCUT2D eigenvalue weighted by molar-refractivity contribution is 0.102. The summed E-state index contributed by atoms with van der Waals surface area (Å²) in [6, 6.07) is 4.13. The summed E-state index contributed by atoms with van der Waals surface area (Å²) in [5.41, 5.74) is 0.0253. The molecule has 1 aromatic carbocycles. The molecule has 1 aliphatic rings. The summed E-state index contributed by atoms with van der Waals surface area (Å²) in [6.45, 7) is 0.882. The molecule has 2 aromatic rings. The Morgan fingerprint density at radius 2 is 1.85 bits per heavy atom. The number of piperidine rings is 1. The molecule has 3 rings (SSSR count). The summed E-state index contributed by atoms with van der Waals surface area (Å²) in [5, 5.41) is 6.71. The van der Waals surface area contributed by atoms with E-state index in [4.69, 9.17) is 23.2 Å². The smallest absolute Gasteiger partial charge is 0.258 e. The van der Waals surface area contributed by atoms with Crippen LogP contribution in [0, 0.1) is 0 Å². The van der Waals surface area contributed by atoms with E-state index in [2.05, 4.69) is 10.4 Å². The van der Waals surface area contributed by atoms with Crippen molar-refractivity contribution >= 4 is 45.0 Å². The molecule has 0 saturated carbocycles. The topological polar surface area (TPSA) is 84.3 Å². The SMILES string of the molecule is Cn1ccc(NC(=O)c2cc(S(=O)(=O)N3CCCCC3)c(Cl)cc2Cl)n1. The van der Waals surface area contributed by atoms with E-state index in [1.807, 2.05) is 0 Å². The average molecular weight is 417 g/mol. The van der Waals surface area contributed by atoms with Crippen LogP contribution < -0.4 is 5.32 Å². The number of anilines is 1. The minimum absolute atomic E-state index is 0.00467. The van der Waals surface area contributed by atoms with Gasteiger partial charge in [0.1, 0.15) is 4.90 Å². The van der Waals surface area contributed by atoms with Crippen molar-refractivity contribution in [1.82, 2.24) is 14.1 Å². The first kappa shape index (κ1) is 19.2. The second kappa shape index (κ2) is 7.56. The van der Waals surface area contributed by atoms with Crippen LogP contribution in [0.4, 0.5) is 5.82 Å². The molecule has 1 fully saturated rings. The predicted octanol–water partition coefficient (Wildman–Crippen LogP) is 3.15. The summed E-state index contributed by atoms with van der Waals surface area (Å²) in [6.07, 6.45) is 4.28. The van der Waals surface area contributed by atoms with Crippen molar-refractivity contribution in [2.24, 2.45) is 7.05 Å². The van der Waals surface area contributed by atoms with Gasteiger partial charge in [-0.1, -0.05) is 29.6 Å². The van der Waals surface area contributed by atoms with E-state index < -0.39 is 15.9 Å². The average Bonchev–Trinajstić information content (AvgIpc) is 3.00. The van der Waals surface area contributed by atoms with Gasteiger partial charge in [0, 0.05) is 32.4 Å². The Hall–Kier alpha value is -1.61. The zero-order chi connectivity index (χ0) is 18.9. The number of aryl methyl sites for hydroxylation is 1. The van der Waals surface area contributed by atoms with Gasteiger partial charge in [-0.2, -0.15) is 9.40 Å². The number of sulfonamides is 1. The van der Waals surface area contributed by atoms with Crippen LogP contribution in [0.2, 0.25) is 10.0 Å². The lowest BCUT2D eigenvalue weighted by atomic mass is 10.2. The van der Waals surface area contributed by atoms with Crippen molar-refractivity contribution in [3.8, 4) is 0 Å². The van der Waals surface area contributed by atoms with E-state index in [0.29, 0.717) is 18.9 Å². The molecule has 0 radical (unpaired) electrons. The van der Waals surface area contributed by atoms with Crippen molar-refractivity contribution in [1.29, 1.82) is 0 Å². The van der Waals surface area contributed by atoms with E-state index in [1.54, 1.807) is 19.3 Å². The van der Waals surface area contributed by atoms with Crippen LogP contribution in [0.15, 0.2) is 29.3 Å². The van der Waals surface area contributed by atoms with Gasteiger partial charge in [0.2, 0.25) is 10.0 Å². The van der Waals surface area contributed by atoms with Crippen molar-refractivity contribution in [3.05, 3.63) is 40.0 Å². The van der Waals surface area contributed by atoms with Gasteiger partial charge < -0.3 is 5.32 Å². The molecule has 1 aliphatic heterocycles. The van der Waals surface area contributed by atoms with Gasteiger partial charge in [-0.3, -0.25) is 9.48 Å². The summed E-state index contributed by atoms with van der Waals surface area (Å²) in [5.74, 6) is -0.218. The van der Waals surface area contributed by atoms with Gasteiger partial charge in [0.15, 0.2) is 5.82 Å². The Morgan fingerprint density at radius 3 is 2.46 bits per heavy atom. The van der Waals surface area contributed by atoms with Gasteiger partial charge >= 0.3 is 0 Å². The fraction of sp³-hybridized carbons (Fsp3) is 0.375. The zero-order valence-electron chi connectivity index (χ0n) is 14.1. The number of amides is 1. The number of rotatable bonds is 4. The highest BCUT2D eigenvalue weighted by Crippen LogP contribution is 2.32. The predicted molar refractivity (Wildman–Crippen MR) is 100 cm³/mol. The van der Waals surface area contributed by atoms with E-state index in [9.17, 15) is 13.2 Å². The number of nitrogens with one attached hydrogen (secondary N) is 1. The third-order valence-corrected chi connectivity index (χ3v) is 6.83. The van der Waals surface area contributed by atoms with Crippen LogP contribution in [0.1, 0.15) is 29.6 Å². The number of carbonyl (C=O) groups is 1. The van der Waals surface area contributed by atoms with Crippen molar-refractivity contribution in [2.75, 3.05) is 18.4 Å². The quantitative estimate of drug-likeness (QED) is 0.829. The molecule has 1 amide bonds. The summed E-state index contributed by atoms with van der Waals surface area (Å²) < 4.78 is 28.7. The summed E-state index contributed by atoms with van der Waals surface area (Å²) in [7, 11) is -2.07. The second-order valence-electron chi connectivity index (χ2n) is 6.06. The Labute approximate surface area is 161 Å². The normalized spacial score (nSPS) is 15.8. The van der Waals surface area contributed by atoms with Crippen LogP contribution in [0.5, 0.6) is 0 Å². The highest BCUT2D eigenvalue weighted by Gasteiger charge is 2.29. The highest BCUT2D eigenvalue weighted by molar-refractivity contribution is 7.89. The molecule has 1 N–H and O–H groups in total. The fourth-order valence-corrected chi connectivity index (χ4v) is 5.16. The Balaban J connectivity index is 1.95. The van der Waals surface area contributed by atoms with E-state index in [-0.39, 0.29) is 20.5 Å². The first-order valence-corrected chi connectivity index (χ1v) is 10.3. The first-order valence-electron chi connectivity index (χ1n) is 8.09. The second-order valence-corrected chi connectivity index (χ2v) is 8.78. The molecule has 0 unspecified atom stereocenters. The molecule has 26 heavy (non-hydrogen) atoms. The van der Waals surface area contributed by atoms with Crippen LogP contribution in [-0.2, 0) is 17.1 Å². The number of carbonyl (C=O) groups excluding carboxylic acids is 1. The fourth-order valence-electron chi connectivity index (χ4n) is 2.81. The van der Waals surface area contributed by atoms with Crippen LogP contribution in [-0.4, -0.2) is 41.5 Å². The minimum atomic E-state index is -3.79. The molecule has 140 valence electrons. The van der Waals surface area contributed by atoms with Gasteiger partial charge in [-0.25, -0.2) is 8.42 Å². The van der Waals surface area contributed by atoms with Gasteiger partial charge in [-0.05, 0) is 25.0 Å². The van der Waals surface area contributed by atoms with Gasteiger partial charge in [-0.15, -0.1) is 0 Å². The van der Waals surface area contributed by atoms with Crippen molar-refractivity contribution in [2.45, 2.75) is 24.2 Å². The molecule has 0 aliphatic carbocycles. The summed E-state index contributed by atoms with van der Waals surface area (Å²) >= 11 is 12.3. The lowest BCUT2D eigenvalue weighted by Crippen LogP contribution is -2.35. The third kappa shape index (κ3) is 3.88. The zero-order valence-corrected chi connectivity index (χ0v) is 16.4. The summed E-state index contributed by atoms with van der Waals surface area (Å²) in [4.78, 5) is 12.4. The molecular formula is C16H18Cl2N4O3S. The third-order valence-electron chi connectivity index (χ3n) is 4.15. The van der Waals surface area contributed by atoms with Crippen molar-refractivity contribution < 1.29 is 13.2 Å². The van der Waals surface area contributed by atoms with Crippen LogP contribution in [0.3, 0.4) is 0 Å². The lowest BCUT2D eigenvalue weighted by Gasteiger charge is -2.26. The number of nitrogens with zero attached hydrogens (tertiary/aromatic N) is 3. The van der Waals surface area contributed by atoms with E-state index in [1.165, 1.54) is 21.1 Å². The molecule has 0 atom stereocenters. The monoisotopic (exact) mass is 416 g/mol. The molecule has 10 heteroatoms. The van der Waals surface area contributed by atoms with E-state index in [0.717, 1.165) is 19.3 Å². The molecule has 7 nitrogen and oxygen atoms in total. The maximum Gasteiger partial charge on any atom is 0.258 e. The Bertz CT molecular complexity index is 937. The molecule has 1 aromatic heterocycles. The molecule has 1 saturated heterocycles. The molecule has 2 heterocycles. The first-order chi connectivity index (χ1) is 12.3. The standard InChI is InChI=1S/C16H18Cl2N4O3S/c1-21-8-5-15(20-21)19-16(23)11-9-14(13(18)10-12(11)17)26(24,25)22-6-3-2-4-7-22/h5,8-10H,2-4,6-7H2,1H3,(H,19,20,23). The minimum Gasteiger partial charge on any atom is -0.305 e. The maximum absolute atomic E-state index is 12.9. The number of aromatic nitrogens is 2. The largest absolute Gasteiger partial charge is 0.305 e. The molecule has 0 bridgehead atoms. The molecular weight excluding hydrogens is 399 g/mol. The number of halogens is 2. The highest BCUT2D eigenvalue weighted by atomic mass is 35.5.